The van der Waals surface area contributed by atoms with Crippen LogP contribution in [0.25, 0.3) is 16.7 Å². The largest absolute Gasteiger partial charge is 0.481 e. The quantitative estimate of drug-likeness (QED) is 0.705. The molecule has 0 fully saturated rings. The molecule has 0 spiro atoms. The number of aliphatic carboxylic acids is 1. The van der Waals surface area contributed by atoms with Crippen molar-refractivity contribution in [2.75, 3.05) is 0 Å². The Balaban J connectivity index is 2.38. The van der Waals surface area contributed by atoms with Crippen molar-refractivity contribution in [2.45, 2.75) is 6.42 Å². The molecule has 0 amide bonds. The Bertz CT molecular complexity index is 720. The molecule has 84 valence electrons. The van der Waals surface area contributed by atoms with Crippen LogP contribution in [0.3, 0.4) is 0 Å². The van der Waals surface area contributed by atoms with Crippen LogP contribution < -0.4 is 0 Å². The number of carboxylic acids is 1. The van der Waals surface area contributed by atoms with Gasteiger partial charge in [0.05, 0.1) is 17.2 Å². The van der Waals surface area contributed by atoms with Gasteiger partial charge in [0.25, 0.3) is 0 Å². The number of hydrogen-bond donors (Lipinski definition) is 1. The number of nitrogens with zero attached hydrogens (tertiary/aromatic N) is 4. The van der Waals surface area contributed by atoms with E-state index >= 15 is 0 Å². The van der Waals surface area contributed by atoms with Gasteiger partial charge in [-0.3, -0.25) is 14.2 Å². The van der Waals surface area contributed by atoms with E-state index in [2.05, 4.69) is 15.2 Å². The van der Waals surface area contributed by atoms with E-state index < -0.39 is 5.97 Å². The molecule has 0 radical (unpaired) electrons. The minimum atomic E-state index is -0.930. The summed E-state index contributed by atoms with van der Waals surface area (Å²) in [6.07, 6.45) is 1.43. The summed E-state index contributed by atoms with van der Waals surface area (Å²) < 4.78 is 1.72. The van der Waals surface area contributed by atoms with Crippen LogP contribution in [0.1, 0.15) is 5.82 Å². The second kappa shape index (κ2) is 3.51. The van der Waals surface area contributed by atoms with Crippen molar-refractivity contribution in [3.05, 3.63) is 36.3 Å². The van der Waals surface area contributed by atoms with Crippen LogP contribution in [0.5, 0.6) is 0 Å². The van der Waals surface area contributed by atoms with Crippen LogP contribution in [0.15, 0.2) is 30.5 Å². The van der Waals surface area contributed by atoms with Crippen LogP contribution in [0, 0.1) is 0 Å². The summed E-state index contributed by atoms with van der Waals surface area (Å²) in [4.78, 5) is 15.0. The highest BCUT2D eigenvalue weighted by atomic mass is 16.4. The number of para-hydroxylation sites is 2. The van der Waals surface area contributed by atoms with Crippen LogP contribution in [0.4, 0.5) is 0 Å². The molecule has 1 N–H and O–H groups in total. The molecule has 1 aromatic carbocycles. The highest BCUT2D eigenvalue weighted by Crippen LogP contribution is 2.14. The van der Waals surface area contributed by atoms with E-state index in [1.807, 2.05) is 24.3 Å². The summed E-state index contributed by atoms with van der Waals surface area (Å²) >= 11 is 0. The Labute approximate surface area is 95.5 Å². The van der Waals surface area contributed by atoms with Gasteiger partial charge >= 0.3 is 5.97 Å². The minimum Gasteiger partial charge on any atom is -0.481 e. The molecule has 6 nitrogen and oxygen atoms in total. The van der Waals surface area contributed by atoms with Crippen LogP contribution in [-0.4, -0.2) is 30.7 Å². The van der Waals surface area contributed by atoms with Gasteiger partial charge in [-0.25, -0.2) is 0 Å². The van der Waals surface area contributed by atoms with E-state index in [1.54, 1.807) is 10.6 Å². The summed E-state index contributed by atoms with van der Waals surface area (Å²) in [7, 11) is 0. The van der Waals surface area contributed by atoms with Gasteiger partial charge in [0.1, 0.15) is 12.2 Å². The fourth-order valence-corrected chi connectivity index (χ4v) is 1.82. The third-order valence-electron chi connectivity index (χ3n) is 2.51. The van der Waals surface area contributed by atoms with E-state index in [4.69, 9.17) is 5.11 Å². The third kappa shape index (κ3) is 1.50. The second-order valence-electron chi connectivity index (χ2n) is 3.63. The maximum Gasteiger partial charge on any atom is 0.311 e. The van der Waals surface area contributed by atoms with Gasteiger partial charge in [0.2, 0.25) is 0 Å². The number of hydrogen-bond acceptors (Lipinski definition) is 4. The summed E-state index contributed by atoms with van der Waals surface area (Å²) in [5.41, 5.74) is 2.15. The number of benzene rings is 1. The highest BCUT2D eigenvalue weighted by Gasteiger charge is 2.11. The molecule has 0 aliphatic rings. The average Bonchev–Trinajstić information content (AvgIpc) is 2.72. The Hall–Kier alpha value is -2.50. The van der Waals surface area contributed by atoms with E-state index in [9.17, 15) is 4.79 Å². The molecule has 0 aliphatic carbocycles. The predicted molar refractivity (Wildman–Crippen MR) is 59.6 cm³/mol. The predicted octanol–water partition coefficient (Wildman–Crippen LogP) is 0.905. The highest BCUT2D eigenvalue weighted by molar-refractivity contribution is 5.78. The van der Waals surface area contributed by atoms with E-state index in [1.165, 1.54) is 0 Å². The van der Waals surface area contributed by atoms with Crippen molar-refractivity contribution < 1.29 is 9.90 Å². The molecule has 6 heteroatoms. The first kappa shape index (κ1) is 9.71. The lowest BCUT2D eigenvalue weighted by Gasteiger charge is -2.02. The number of rotatable bonds is 2. The molecule has 0 bridgehead atoms. The average molecular weight is 228 g/mol. The monoisotopic (exact) mass is 228 g/mol. The Morgan fingerprint density at radius 3 is 2.94 bits per heavy atom. The van der Waals surface area contributed by atoms with Gasteiger partial charge in [-0.05, 0) is 12.1 Å². The normalized spacial score (nSPS) is 11.1. The van der Waals surface area contributed by atoms with E-state index in [0.29, 0.717) is 11.5 Å². The zero-order valence-corrected chi connectivity index (χ0v) is 8.74. The molecule has 3 aromatic rings. The summed E-state index contributed by atoms with van der Waals surface area (Å²) in [5, 5.41) is 16.6. The van der Waals surface area contributed by atoms with Crippen molar-refractivity contribution in [1.82, 2.24) is 19.6 Å². The van der Waals surface area contributed by atoms with Crippen molar-refractivity contribution in [3.63, 3.8) is 0 Å². The van der Waals surface area contributed by atoms with Crippen molar-refractivity contribution in [3.8, 4) is 0 Å². The molecular formula is C11H8N4O2. The van der Waals surface area contributed by atoms with E-state index in [-0.39, 0.29) is 6.42 Å². The number of carbonyl (C=O) groups is 1. The van der Waals surface area contributed by atoms with E-state index in [0.717, 1.165) is 11.0 Å². The first-order valence-electron chi connectivity index (χ1n) is 5.05. The number of aromatic nitrogens is 4. The SMILES string of the molecule is O=C(O)Cc1nnc2cnc3ccccc3n12. The fraction of sp³-hybridized carbons (Fsp3) is 0.0909. The first-order chi connectivity index (χ1) is 8.25. The summed E-state index contributed by atoms with van der Waals surface area (Å²) in [6.45, 7) is 0. The lowest BCUT2D eigenvalue weighted by atomic mass is 10.3. The van der Waals surface area contributed by atoms with Gasteiger partial charge in [0.15, 0.2) is 5.65 Å². The fourth-order valence-electron chi connectivity index (χ4n) is 1.82. The lowest BCUT2D eigenvalue weighted by Crippen LogP contribution is -2.05. The van der Waals surface area contributed by atoms with Gasteiger partial charge in [-0.15, -0.1) is 10.2 Å². The van der Waals surface area contributed by atoms with Gasteiger partial charge in [-0.2, -0.15) is 0 Å². The van der Waals surface area contributed by atoms with Crippen LogP contribution >= 0.6 is 0 Å². The molecule has 0 unspecified atom stereocenters. The molecular weight excluding hydrogens is 220 g/mol. The summed E-state index contributed by atoms with van der Waals surface area (Å²) in [5.74, 6) is -0.522. The second-order valence-corrected chi connectivity index (χ2v) is 3.63. The maximum atomic E-state index is 10.7. The Morgan fingerprint density at radius 2 is 2.12 bits per heavy atom. The molecule has 2 aromatic heterocycles. The number of carboxylic acid groups (broad SMARTS) is 1. The van der Waals surface area contributed by atoms with Crippen LogP contribution in [-0.2, 0) is 11.2 Å². The topological polar surface area (TPSA) is 80.4 Å². The molecule has 0 saturated heterocycles. The van der Waals surface area contributed by atoms with Crippen LogP contribution in [0.2, 0.25) is 0 Å². The smallest absolute Gasteiger partial charge is 0.311 e. The zero-order valence-electron chi connectivity index (χ0n) is 8.74. The molecule has 0 aliphatic heterocycles. The Morgan fingerprint density at radius 1 is 1.29 bits per heavy atom. The van der Waals surface area contributed by atoms with Crippen molar-refractivity contribution >= 4 is 22.6 Å². The lowest BCUT2D eigenvalue weighted by molar-refractivity contribution is -0.136. The van der Waals surface area contributed by atoms with Gasteiger partial charge in [-0.1, -0.05) is 12.1 Å². The Kier molecular flexibility index (Phi) is 2.01. The van der Waals surface area contributed by atoms with Crippen molar-refractivity contribution in [1.29, 1.82) is 0 Å². The third-order valence-corrected chi connectivity index (χ3v) is 2.51. The number of fused-ring (bicyclic) bond motifs is 3. The van der Waals surface area contributed by atoms with Gasteiger partial charge < -0.3 is 5.11 Å². The molecule has 0 saturated carbocycles. The zero-order chi connectivity index (χ0) is 11.8. The standard InChI is InChI=1S/C11H8N4O2/c16-11(17)5-9-13-14-10-6-12-7-3-1-2-4-8(7)15(9)10/h1-4,6H,5H2,(H,16,17). The maximum absolute atomic E-state index is 10.7. The van der Waals surface area contributed by atoms with Gasteiger partial charge in [0, 0.05) is 0 Å². The van der Waals surface area contributed by atoms with Crippen molar-refractivity contribution in [2.24, 2.45) is 0 Å². The molecule has 0 atom stereocenters. The minimum absolute atomic E-state index is 0.158. The molecule has 3 rings (SSSR count). The molecule has 2 heterocycles. The molecule has 17 heavy (non-hydrogen) atoms. The first-order valence-corrected chi connectivity index (χ1v) is 5.05. The summed E-state index contributed by atoms with van der Waals surface area (Å²) in [6, 6.07) is 7.47.